The van der Waals surface area contributed by atoms with E-state index in [0.29, 0.717) is 18.3 Å². The molecule has 48 heavy (non-hydrogen) atoms. The van der Waals surface area contributed by atoms with Gasteiger partial charge < -0.3 is 20.3 Å². The number of ether oxygens (including phenoxy) is 2. The van der Waals surface area contributed by atoms with Crippen LogP contribution in [0.1, 0.15) is 147 Å². The molecule has 4 fully saturated rings. The first-order valence-corrected chi connectivity index (χ1v) is 19.0. The van der Waals surface area contributed by atoms with Gasteiger partial charge in [-0.1, -0.05) is 54.0 Å². The lowest BCUT2D eigenvalue weighted by molar-refractivity contribution is -0.235. The summed E-state index contributed by atoms with van der Waals surface area (Å²) < 4.78 is 11.9. The van der Waals surface area contributed by atoms with Crippen molar-refractivity contribution >= 4 is 17.7 Å². The summed E-state index contributed by atoms with van der Waals surface area (Å²) in [5.74, 6) is 0.836. The van der Waals surface area contributed by atoms with E-state index in [1.54, 1.807) is 13.8 Å². The van der Waals surface area contributed by atoms with Gasteiger partial charge in [0, 0.05) is 23.8 Å². The normalized spacial score (nSPS) is 40.0. The second-order valence-corrected chi connectivity index (χ2v) is 20.0. The predicted molar refractivity (Wildman–Crippen MR) is 189 cm³/mol. The van der Waals surface area contributed by atoms with Gasteiger partial charge in [-0.05, 0) is 131 Å². The average Bonchev–Trinajstić information content (AvgIpc) is 3.26. The minimum absolute atomic E-state index is 0.00602. The minimum Gasteiger partial charge on any atom is -0.462 e. The first kappa shape index (κ1) is 37.5. The Bertz CT molecular complexity index is 1350. The molecule has 0 aromatic rings. The maximum atomic E-state index is 13.7. The van der Waals surface area contributed by atoms with E-state index in [-0.39, 0.29) is 70.3 Å². The number of aliphatic hydroxyl groups is 1. The molecule has 7 heteroatoms. The van der Waals surface area contributed by atoms with Crippen molar-refractivity contribution in [1.29, 1.82) is 0 Å². The lowest BCUT2D eigenvalue weighted by Crippen LogP contribution is -2.66. The molecule has 0 aromatic heterocycles. The molecule has 0 amide bonds. The van der Waals surface area contributed by atoms with Crippen molar-refractivity contribution < 1.29 is 29.0 Å². The van der Waals surface area contributed by atoms with Crippen LogP contribution in [-0.2, 0) is 23.9 Å². The molecule has 0 radical (unpaired) electrons. The standard InChI is InChI=1S/C41H67NO6/c1-24(2)32-26(43)21-41(29(44)23-42)20-19-39(11)25(33(32)41)13-14-28-38(10)17-16-30(37(8,9)27(38)15-18-40(28,39)12)47-31(45)22-36(6,7)34(46)48-35(3,4)5/h24-25,27-30,44H,13-23,42H2,1-12H3/t25-,27-,28-,29+,30+,38+,39-,40-,41+/m1/s1. The summed E-state index contributed by atoms with van der Waals surface area (Å²) in [6.45, 7) is 25.7. The molecule has 4 saturated carbocycles. The lowest BCUT2D eigenvalue weighted by Gasteiger charge is -2.72. The van der Waals surface area contributed by atoms with Crippen molar-refractivity contribution in [2.24, 2.45) is 61.9 Å². The molecule has 272 valence electrons. The molecule has 0 saturated heterocycles. The summed E-state index contributed by atoms with van der Waals surface area (Å²) in [5, 5.41) is 11.4. The van der Waals surface area contributed by atoms with Gasteiger partial charge in [0.05, 0.1) is 17.9 Å². The number of fused-ring (bicyclic) bond motifs is 7. The summed E-state index contributed by atoms with van der Waals surface area (Å²) in [6, 6.07) is 0. The fourth-order valence-electron chi connectivity index (χ4n) is 12.6. The zero-order valence-corrected chi connectivity index (χ0v) is 32.3. The highest BCUT2D eigenvalue weighted by atomic mass is 16.6. The van der Waals surface area contributed by atoms with E-state index < -0.39 is 22.5 Å². The van der Waals surface area contributed by atoms with Crippen LogP contribution in [-0.4, -0.2) is 47.2 Å². The third-order valence-electron chi connectivity index (χ3n) is 15.1. The van der Waals surface area contributed by atoms with Crippen molar-refractivity contribution in [3.05, 3.63) is 11.1 Å². The van der Waals surface area contributed by atoms with Crippen LogP contribution in [0.15, 0.2) is 11.1 Å². The van der Waals surface area contributed by atoms with Gasteiger partial charge in [0.2, 0.25) is 0 Å². The largest absolute Gasteiger partial charge is 0.462 e. The van der Waals surface area contributed by atoms with Crippen LogP contribution in [0.3, 0.4) is 0 Å². The van der Waals surface area contributed by atoms with Crippen LogP contribution >= 0.6 is 0 Å². The van der Waals surface area contributed by atoms with Gasteiger partial charge in [-0.2, -0.15) is 0 Å². The van der Waals surface area contributed by atoms with E-state index in [2.05, 4.69) is 48.5 Å². The van der Waals surface area contributed by atoms with Crippen LogP contribution < -0.4 is 5.73 Å². The van der Waals surface area contributed by atoms with Gasteiger partial charge in [0.1, 0.15) is 11.7 Å². The van der Waals surface area contributed by atoms with Gasteiger partial charge in [-0.3, -0.25) is 14.4 Å². The average molecular weight is 670 g/mol. The van der Waals surface area contributed by atoms with E-state index in [0.717, 1.165) is 56.9 Å². The van der Waals surface area contributed by atoms with Gasteiger partial charge in [0.15, 0.2) is 5.78 Å². The summed E-state index contributed by atoms with van der Waals surface area (Å²) >= 11 is 0. The smallest absolute Gasteiger partial charge is 0.312 e. The number of ketones is 1. The Kier molecular flexibility index (Phi) is 9.32. The quantitative estimate of drug-likeness (QED) is 0.264. The van der Waals surface area contributed by atoms with Crippen LogP contribution in [0, 0.1) is 56.2 Å². The van der Waals surface area contributed by atoms with Gasteiger partial charge in [-0.25, -0.2) is 0 Å². The SMILES string of the molecule is CC(C)C1=C2[C@H]3CC[C@@H]4[C@@]5(C)CC[C@H](OC(=O)CC(C)(C)C(=O)OC(C)(C)C)C(C)(C)[C@H]5CC[C@@]4(C)[C@]3(C)CC[C@@]2([C@@H](O)CN)CC1=O. The lowest BCUT2D eigenvalue weighted by atomic mass is 9.33. The zero-order chi connectivity index (χ0) is 36.0. The number of hydrogen-bond acceptors (Lipinski definition) is 7. The van der Waals surface area contributed by atoms with Crippen molar-refractivity contribution in [1.82, 2.24) is 0 Å². The van der Waals surface area contributed by atoms with E-state index in [4.69, 9.17) is 15.2 Å². The van der Waals surface area contributed by atoms with Crippen LogP contribution in [0.2, 0.25) is 0 Å². The third-order valence-corrected chi connectivity index (χ3v) is 15.1. The number of carbonyl (C=O) groups excluding carboxylic acids is 3. The zero-order valence-electron chi connectivity index (χ0n) is 32.3. The number of allylic oxidation sites excluding steroid dienone is 1. The van der Waals surface area contributed by atoms with Crippen molar-refractivity contribution in [3.63, 3.8) is 0 Å². The molecule has 5 rings (SSSR count). The highest BCUT2D eigenvalue weighted by Crippen LogP contribution is 2.77. The Balaban J connectivity index is 1.40. The molecule has 0 spiro atoms. The molecule has 0 heterocycles. The molecule has 5 aliphatic carbocycles. The number of carbonyl (C=O) groups is 3. The van der Waals surface area contributed by atoms with E-state index in [1.165, 1.54) is 5.57 Å². The van der Waals surface area contributed by atoms with E-state index in [1.807, 2.05) is 20.8 Å². The molecule has 7 nitrogen and oxygen atoms in total. The number of aliphatic hydroxyl groups excluding tert-OH is 1. The molecule has 3 N–H and O–H groups in total. The number of esters is 2. The Hall–Kier alpha value is -1.73. The molecular formula is C41H67NO6. The number of nitrogens with two attached hydrogens (primary N) is 1. The summed E-state index contributed by atoms with van der Waals surface area (Å²) in [4.78, 5) is 39.9. The van der Waals surface area contributed by atoms with Crippen LogP contribution in [0.4, 0.5) is 0 Å². The molecule has 0 unspecified atom stereocenters. The highest BCUT2D eigenvalue weighted by molar-refractivity contribution is 6.00. The van der Waals surface area contributed by atoms with Crippen LogP contribution in [0.5, 0.6) is 0 Å². The van der Waals surface area contributed by atoms with E-state index >= 15 is 0 Å². The maximum absolute atomic E-state index is 13.7. The molecular weight excluding hydrogens is 602 g/mol. The fraction of sp³-hybridized carbons (Fsp3) is 0.878. The Morgan fingerprint density at radius 3 is 2.12 bits per heavy atom. The van der Waals surface area contributed by atoms with Gasteiger partial charge in [0.25, 0.3) is 0 Å². The number of Topliss-reactive ketones (excluding diaryl/α,β-unsaturated/α-hetero) is 1. The molecule has 0 bridgehead atoms. The summed E-state index contributed by atoms with van der Waals surface area (Å²) in [7, 11) is 0. The molecule has 0 aromatic carbocycles. The van der Waals surface area contributed by atoms with Crippen molar-refractivity contribution in [3.8, 4) is 0 Å². The first-order valence-electron chi connectivity index (χ1n) is 19.0. The number of hydrogen-bond donors (Lipinski definition) is 2. The van der Waals surface area contributed by atoms with Crippen molar-refractivity contribution in [2.45, 2.75) is 165 Å². The maximum Gasteiger partial charge on any atom is 0.312 e. The topological polar surface area (TPSA) is 116 Å². The molecule has 9 atom stereocenters. The van der Waals surface area contributed by atoms with Crippen LogP contribution in [0.25, 0.3) is 0 Å². The molecule has 0 aliphatic heterocycles. The fourth-order valence-corrected chi connectivity index (χ4v) is 12.6. The van der Waals surface area contributed by atoms with E-state index in [9.17, 15) is 19.5 Å². The third kappa shape index (κ3) is 5.54. The second-order valence-electron chi connectivity index (χ2n) is 20.0. The predicted octanol–water partition coefficient (Wildman–Crippen LogP) is 7.96. The van der Waals surface area contributed by atoms with Gasteiger partial charge >= 0.3 is 11.9 Å². The minimum atomic E-state index is -0.967. The monoisotopic (exact) mass is 669 g/mol. The highest BCUT2D eigenvalue weighted by Gasteiger charge is 2.70. The first-order chi connectivity index (χ1) is 21.9. The summed E-state index contributed by atoms with van der Waals surface area (Å²) in [5.41, 5.74) is 6.28. The number of rotatable bonds is 7. The van der Waals surface area contributed by atoms with Gasteiger partial charge in [-0.15, -0.1) is 0 Å². The van der Waals surface area contributed by atoms with Crippen molar-refractivity contribution in [2.75, 3.05) is 6.54 Å². The molecule has 5 aliphatic rings. The Morgan fingerprint density at radius 1 is 0.896 bits per heavy atom. The Morgan fingerprint density at radius 2 is 1.54 bits per heavy atom. The second kappa shape index (κ2) is 11.9. The summed E-state index contributed by atoms with van der Waals surface area (Å²) in [6.07, 6.45) is 7.46. The Labute approximate surface area is 290 Å².